The van der Waals surface area contributed by atoms with Crippen molar-refractivity contribution in [1.29, 1.82) is 0 Å². The summed E-state index contributed by atoms with van der Waals surface area (Å²) in [5, 5.41) is 7.64. The van der Waals surface area contributed by atoms with Gasteiger partial charge < -0.3 is 19.2 Å². The maximum Gasteiger partial charge on any atom is 0.231 e. The van der Waals surface area contributed by atoms with Crippen LogP contribution in [0.1, 0.15) is 12.8 Å². The highest BCUT2D eigenvalue weighted by atomic mass is 16.7. The van der Waals surface area contributed by atoms with E-state index in [-0.39, 0.29) is 6.79 Å². The van der Waals surface area contributed by atoms with E-state index in [9.17, 15) is 0 Å². The Kier molecular flexibility index (Phi) is 5.73. The molecule has 2 N–H and O–H groups in total. The molecule has 0 radical (unpaired) electrons. The molecule has 2 aliphatic rings. The van der Waals surface area contributed by atoms with Gasteiger partial charge in [-0.3, -0.25) is 20.0 Å². The van der Waals surface area contributed by atoms with Crippen LogP contribution in [0.4, 0.5) is 0 Å². The molecule has 0 unspecified atom stereocenters. The minimum Gasteiger partial charge on any atom is -0.491 e. The predicted molar refractivity (Wildman–Crippen MR) is 153 cm³/mol. The molecule has 0 bridgehead atoms. The molecule has 1 aromatic carbocycles. The number of ether oxygens (including phenoxy) is 3. The number of hydrogen-bond acceptors (Lipinski definition) is 9. The molecule has 0 atom stereocenters. The smallest absolute Gasteiger partial charge is 0.231 e. The first-order chi connectivity index (χ1) is 20.3. The minimum absolute atomic E-state index is 0.223. The number of nitrogens with zero attached hydrogens (tertiary/aromatic N) is 6. The van der Waals surface area contributed by atoms with E-state index in [0.717, 1.165) is 70.1 Å². The number of aromatic nitrogens is 7. The summed E-state index contributed by atoms with van der Waals surface area (Å²) in [6.45, 7) is 4.09. The van der Waals surface area contributed by atoms with E-state index < -0.39 is 0 Å². The highest BCUT2D eigenvalue weighted by Gasteiger charge is 2.19. The van der Waals surface area contributed by atoms with Crippen LogP contribution < -0.4 is 14.2 Å². The zero-order valence-corrected chi connectivity index (χ0v) is 22.1. The Morgan fingerprint density at radius 1 is 0.829 bits per heavy atom. The Bertz CT molecular complexity index is 1890. The number of fused-ring (bicyclic) bond motifs is 3. The summed E-state index contributed by atoms with van der Waals surface area (Å²) >= 11 is 0. The number of benzene rings is 1. The third-order valence-electron chi connectivity index (χ3n) is 7.59. The quantitative estimate of drug-likeness (QED) is 0.289. The van der Waals surface area contributed by atoms with Crippen LogP contribution in [0.5, 0.6) is 17.2 Å². The van der Waals surface area contributed by atoms with Crippen LogP contribution in [0.2, 0.25) is 0 Å². The lowest BCUT2D eigenvalue weighted by atomic mass is 10.1. The first kappa shape index (κ1) is 23.8. The van der Waals surface area contributed by atoms with Crippen molar-refractivity contribution in [2.24, 2.45) is 0 Å². The third-order valence-corrected chi connectivity index (χ3v) is 7.59. The number of rotatable bonds is 7. The second-order valence-corrected chi connectivity index (χ2v) is 10.2. The molecule has 0 amide bonds. The lowest BCUT2D eigenvalue weighted by Crippen LogP contribution is -2.25. The van der Waals surface area contributed by atoms with Gasteiger partial charge in [-0.2, -0.15) is 5.10 Å². The molecule has 6 aromatic rings. The monoisotopic (exact) mass is 546 g/mol. The molecule has 1 fully saturated rings. The molecule has 0 saturated carbocycles. The average molecular weight is 547 g/mol. The van der Waals surface area contributed by atoms with Gasteiger partial charge in [-0.1, -0.05) is 6.07 Å². The molecule has 1 saturated heterocycles. The van der Waals surface area contributed by atoms with E-state index in [2.05, 4.69) is 30.0 Å². The summed E-state index contributed by atoms with van der Waals surface area (Å²) in [5.74, 6) is 2.77. The molecule has 8 rings (SSSR count). The van der Waals surface area contributed by atoms with Crippen LogP contribution in [0.3, 0.4) is 0 Å². The molecular formula is C30H26N8O3. The summed E-state index contributed by atoms with van der Waals surface area (Å²) in [6, 6.07) is 11.7. The molecule has 204 valence electrons. The maximum atomic E-state index is 6.02. The summed E-state index contributed by atoms with van der Waals surface area (Å²) in [5.41, 5.74) is 7.18. The Labute approximate surface area is 234 Å². The van der Waals surface area contributed by atoms with Gasteiger partial charge in [0, 0.05) is 30.1 Å². The first-order valence-corrected chi connectivity index (χ1v) is 13.7. The van der Waals surface area contributed by atoms with Gasteiger partial charge in [0.15, 0.2) is 23.0 Å². The van der Waals surface area contributed by atoms with Gasteiger partial charge in [0.25, 0.3) is 0 Å². The summed E-state index contributed by atoms with van der Waals surface area (Å²) in [7, 11) is 0. The fraction of sp³-hybridized carbons (Fsp3) is 0.233. The lowest BCUT2D eigenvalue weighted by Gasteiger charge is -2.15. The van der Waals surface area contributed by atoms with E-state index in [1.807, 2.05) is 36.4 Å². The fourth-order valence-electron chi connectivity index (χ4n) is 5.48. The van der Waals surface area contributed by atoms with Crippen molar-refractivity contribution < 1.29 is 14.2 Å². The molecule has 41 heavy (non-hydrogen) atoms. The number of pyridine rings is 3. The zero-order chi connectivity index (χ0) is 27.2. The van der Waals surface area contributed by atoms with Crippen molar-refractivity contribution >= 4 is 22.1 Å². The van der Waals surface area contributed by atoms with Gasteiger partial charge in [-0.25, -0.2) is 9.97 Å². The third kappa shape index (κ3) is 4.40. The molecule has 0 aliphatic carbocycles. The Hall–Kier alpha value is -5.03. The van der Waals surface area contributed by atoms with E-state index in [1.54, 1.807) is 24.8 Å². The van der Waals surface area contributed by atoms with Gasteiger partial charge in [0.1, 0.15) is 17.9 Å². The largest absolute Gasteiger partial charge is 0.491 e. The standard InChI is InChI=1S/C30H26N8O3/c1-2-8-38(7-1)9-10-39-20-11-19(13-31-14-20)22-4-5-23-28(33-22)29(37-36-23)30-34-24-16-32-15-21(27(24)35-30)18-3-6-25-26(12-18)41-17-40-25/h3-6,11-16H,1-2,7-10,17H2,(H,34,35)(H,36,37). The fourth-order valence-corrected chi connectivity index (χ4v) is 5.48. The van der Waals surface area contributed by atoms with Crippen molar-refractivity contribution in [2.45, 2.75) is 12.8 Å². The second kappa shape index (κ2) is 9.86. The van der Waals surface area contributed by atoms with Crippen molar-refractivity contribution in [3.05, 3.63) is 61.2 Å². The highest BCUT2D eigenvalue weighted by molar-refractivity contribution is 5.96. The molecule has 11 nitrogen and oxygen atoms in total. The number of likely N-dealkylation sites (tertiary alicyclic amines) is 1. The average Bonchev–Trinajstić information content (AvgIpc) is 3.82. The van der Waals surface area contributed by atoms with Crippen molar-refractivity contribution in [2.75, 3.05) is 33.0 Å². The molecule has 5 aromatic heterocycles. The van der Waals surface area contributed by atoms with Gasteiger partial charge >= 0.3 is 0 Å². The molecule has 0 spiro atoms. The van der Waals surface area contributed by atoms with Crippen LogP contribution in [-0.4, -0.2) is 73.1 Å². The Balaban J connectivity index is 1.11. The van der Waals surface area contributed by atoms with Gasteiger partial charge in [-0.05, 0) is 61.8 Å². The maximum absolute atomic E-state index is 6.02. The van der Waals surface area contributed by atoms with Gasteiger partial charge in [-0.15, -0.1) is 0 Å². The number of hydrogen-bond donors (Lipinski definition) is 2. The van der Waals surface area contributed by atoms with E-state index in [1.165, 1.54) is 12.8 Å². The van der Waals surface area contributed by atoms with E-state index >= 15 is 0 Å². The molecule has 2 aliphatic heterocycles. The van der Waals surface area contributed by atoms with Crippen molar-refractivity contribution in [1.82, 2.24) is 40.0 Å². The topological polar surface area (TPSA) is 127 Å². The summed E-state index contributed by atoms with van der Waals surface area (Å²) < 4.78 is 17.1. The van der Waals surface area contributed by atoms with Crippen LogP contribution >= 0.6 is 0 Å². The second-order valence-electron chi connectivity index (χ2n) is 10.2. The van der Waals surface area contributed by atoms with Crippen LogP contribution in [0.15, 0.2) is 61.2 Å². The van der Waals surface area contributed by atoms with E-state index in [0.29, 0.717) is 29.4 Å². The van der Waals surface area contributed by atoms with Gasteiger partial charge in [0.05, 0.1) is 34.6 Å². The SMILES string of the molecule is c1ncc(-c2ccc3[nH]nc(-c4nc5c(-c6ccc7c(c6)OCO7)cncc5[nH]4)c3n2)cc1OCCN1CCCC1. The summed E-state index contributed by atoms with van der Waals surface area (Å²) in [4.78, 5) is 24.5. The minimum atomic E-state index is 0.223. The molecule has 11 heteroatoms. The number of H-pyrrole nitrogens is 2. The number of imidazole rings is 1. The lowest BCUT2D eigenvalue weighted by molar-refractivity contribution is 0.174. The first-order valence-electron chi connectivity index (χ1n) is 13.7. The number of nitrogens with one attached hydrogen (secondary N) is 2. The van der Waals surface area contributed by atoms with Crippen molar-refractivity contribution in [3.63, 3.8) is 0 Å². The number of aromatic amines is 2. The molecular weight excluding hydrogens is 520 g/mol. The van der Waals surface area contributed by atoms with Crippen LogP contribution in [0, 0.1) is 0 Å². The zero-order valence-electron chi connectivity index (χ0n) is 22.1. The normalized spacial score (nSPS) is 14.8. The Morgan fingerprint density at radius 3 is 2.68 bits per heavy atom. The Morgan fingerprint density at radius 2 is 1.73 bits per heavy atom. The van der Waals surface area contributed by atoms with Crippen LogP contribution in [-0.2, 0) is 0 Å². The van der Waals surface area contributed by atoms with Gasteiger partial charge in [0.2, 0.25) is 6.79 Å². The van der Waals surface area contributed by atoms with E-state index in [4.69, 9.17) is 24.2 Å². The highest BCUT2D eigenvalue weighted by Crippen LogP contribution is 2.38. The summed E-state index contributed by atoms with van der Waals surface area (Å²) in [6.07, 6.45) is 9.65. The predicted octanol–water partition coefficient (Wildman–Crippen LogP) is 4.83. The van der Waals surface area contributed by atoms with Crippen LogP contribution in [0.25, 0.3) is 56.0 Å². The molecule has 7 heterocycles. The van der Waals surface area contributed by atoms with Crippen molar-refractivity contribution in [3.8, 4) is 51.2 Å².